The lowest BCUT2D eigenvalue weighted by Crippen LogP contribution is -2.48. The number of urea groups is 1. The molecule has 26 heavy (non-hydrogen) atoms. The fraction of sp³-hybridized carbons (Fsp3) is 0.421. The van der Waals surface area contributed by atoms with Crippen molar-refractivity contribution in [2.45, 2.75) is 31.8 Å². The Labute approximate surface area is 158 Å². The van der Waals surface area contributed by atoms with Gasteiger partial charge in [-0.3, -0.25) is 0 Å². The van der Waals surface area contributed by atoms with Crippen molar-refractivity contribution in [1.82, 2.24) is 20.2 Å². The Balaban J connectivity index is 1.40. The highest BCUT2D eigenvalue weighted by Gasteiger charge is 2.25. The van der Waals surface area contributed by atoms with Crippen molar-refractivity contribution in [3.8, 4) is 6.01 Å². The SMILES string of the molecule is O=C(NCCCc1ccccc1)N1CCCC(Oc2ncc(Cl)cn2)C1. The van der Waals surface area contributed by atoms with Crippen molar-refractivity contribution in [3.63, 3.8) is 0 Å². The first-order chi connectivity index (χ1) is 12.7. The number of amides is 2. The van der Waals surface area contributed by atoms with Crippen molar-refractivity contribution in [3.05, 3.63) is 53.3 Å². The molecule has 1 aliphatic rings. The zero-order valence-electron chi connectivity index (χ0n) is 14.6. The molecule has 1 saturated heterocycles. The van der Waals surface area contributed by atoms with Crippen LogP contribution >= 0.6 is 11.6 Å². The van der Waals surface area contributed by atoms with E-state index in [-0.39, 0.29) is 12.1 Å². The molecular weight excluding hydrogens is 352 g/mol. The molecule has 0 saturated carbocycles. The van der Waals surface area contributed by atoms with Gasteiger partial charge in [0.05, 0.1) is 24.0 Å². The lowest BCUT2D eigenvalue weighted by Gasteiger charge is -2.32. The van der Waals surface area contributed by atoms with Crippen LogP contribution in [0.2, 0.25) is 5.02 Å². The number of hydrogen-bond donors (Lipinski definition) is 1. The van der Waals surface area contributed by atoms with E-state index in [4.69, 9.17) is 16.3 Å². The lowest BCUT2D eigenvalue weighted by molar-refractivity contribution is 0.0939. The molecule has 0 spiro atoms. The summed E-state index contributed by atoms with van der Waals surface area (Å²) in [5, 5.41) is 3.47. The van der Waals surface area contributed by atoms with Crippen LogP contribution < -0.4 is 10.1 Å². The van der Waals surface area contributed by atoms with Crippen LogP contribution in [0, 0.1) is 0 Å². The van der Waals surface area contributed by atoms with Crippen LogP contribution in [-0.2, 0) is 6.42 Å². The predicted octanol–water partition coefficient (Wildman–Crippen LogP) is 3.32. The molecule has 1 unspecified atom stereocenters. The quantitative estimate of drug-likeness (QED) is 0.787. The second-order valence-electron chi connectivity index (χ2n) is 6.33. The number of benzene rings is 1. The van der Waals surface area contributed by atoms with Gasteiger partial charge < -0.3 is 15.0 Å². The van der Waals surface area contributed by atoms with E-state index < -0.39 is 0 Å². The topological polar surface area (TPSA) is 67.4 Å². The fourth-order valence-corrected chi connectivity index (χ4v) is 3.07. The number of piperidine rings is 1. The van der Waals surface area contributed by atoms with Crippen molar-refractivity contribution in [2.24, 2.45) is 0 Å². The number of hydrogen-bond acceptors (Lipinski definition) is 4. The largest absolute Gasteiger partial charge is 0.458 e. The highest BCUT2D eigenvalue weighted by atomic mass is 35.5. The van der Waals surface area contributed by atoms with Crippen LogP contribution in [0.3, 0.4) is 0 Å². The summed E-state index contributed by atoms with van der Waals surface area (Å²) in [6, 6.07) is 10.5. The average molecular weight is 375 g/mol. The Morgan fingerprint density at radius 2 is 2.04 bits per heavy atom. The average Bonchev–Trinajstić information content (AvgIpc) is 2.68. The highest BCUT2D eigenvalue weighted by molar-refractivity contribution is 6.30. The van der Waals surface area contributed by atoms with Gasteiger partial charge in [0, 0.05) is 13.1 Å². The molecule has 1 atom stereocenters. The van der Waals surface area contributed by atoms with Crippen LogP contribution in [0.15, 0.2) is 42.7 Å². The van der Waals surface area contributed by atoms with E-state index in [1.54, 1.807) is 4.90 Å². The summed E-state index contributed by atoms with van der Waals surface area (Å²) in [6.07, 6.45) is 6.57. The zero-order chi connectivity index (χ0) is 18.2. The predicted molar refractivity (Wildman–Crippen MR) is 100 cm³/mol. The van der Waals surface area contributed by atoms with Gasteiger partial charge in [0.15, 0.2) is 0 Å². The maximum atomic E-state index is 12.4. The molecule has 2 amide bonds. The summed E-state index contributed by atoms with van der Waals surface area (Å²) in [5.74, 6) is 0. The van der Waals surface area contributed by atoms with Gasteiger partial charge in [0.1, 0.15) is 6.10 Å². The molecule has 1 N–H and O–H groups in total. The smallest absolute Gasteiger partial charge is 0.317 e. The molecule has 1 aromatic heterocycles. The third kappa shape index (κ3) is 5.59. The number of aryl methyl sites for hydroxylation is 1. The standard InChI is InChI=1S/C19H23ClN4O2/c20-16-12-22-18(23-13-16)26-17-9-5-11-24(14-17)19(25)21-10-4-8-15-6-2-1-3-7-15/h1-3,6-7,12-13,17H,4-5,8-11,14H2,(H,21,25). The Hall–Kier alpha value is -2.34. The summed E-state index contributed by atoms with van der Waals surface area (Å²) in [4.78, 5) is 22.3. The van der Waals surface area contributed by atoms with E-state index in [0.717, 1.165) is 32.2 Å². The molecule has 0 bridgehead atoms. The van der Waals surface area contributed by atoms with Crippen LogP contribution in [0.4, 0.5) is 4.79 Å². The molecule has 2 aromatic rings. The number of aromatic nitrogens is 2. The molecule has 3 rings (SSSR count). The number of nitrogens with one attached hydrogen (secondary N) is 1. The summed E-state index contributed by atoms with van der Waals surface area (Å²) >= 11 is 5.78. The number of ether oxygens (including phenoxy) is 1. The fourth-order valence-electron chi connectivity index (χ4n) is 2.97. The Bertz CT molecular complexity index is 696. The van der Waals surface area contributed by atoms with E-state index in [9.17, 15) is 4.79 Å². The molecule has 1 aliphatic heterocycles. The summed E-state index contributed by atoms with van der Waals surface area (Å²) < 4.78 is 5.77. The molecular formula is C19H23ClN4O2. The monoisotopic (exact) mass is 374 g/mol. The van der Waals surface area contributed by atoms with Crippen molar-refractivity contribution >= 4 is 17.6 Å². The molecule has 0 radical (unpaired) electrons. The molecule has 2 heterocycles. The Morgan fingerprint density at radius 3 is 2.81 bits per heavy atom. The first-order valence-electron chi connectivity index (χ1n) is 8.91. The minimum Gasteiger partial charge on any atom is -0.458 e. The first-order valence-corrected chi connectivity index (χ1v) is 9.29. The molecule has 7 heteroatoms. The molecule has 1 aromatic carbocycles. The molecule has 1 fully saturated rings. The lowest BCUT2D eigenvalue weighted by atomic mass is 10.1. The second-order valence-corrected chi connectivity index (χ2v) is 6.77. The third-order valence-electron chi connectivity index (χ3n) is 4.30. The van der Waals surface area contributed by atoms with E-state index in [2.05, 4.69) is 27.4 Å². The van der Waals surface area contributed by atoms with Gasteiger partial charge in [-0.25, -0.2) is 14.8 Å². The van der Waals surface area contributed by atoms with Gasteiger partial charge in [-0.2, -0.15) is 0 Å². The van der Waals surface area contributed by atoms with E-state index in [1.165, 1.54) is 18.0 Å². The van der Waals surface area contributed by atoms with Gasteiger partial charge in [-0.15, -0.1) is 0 Å². The number of likely N-dealkylation sites (tertiary alicyclic amines) is 1. The number of carbonyl (C=O) groups is 1. The summed E-state index contributed by atoms with van der Waals surface area (Å²) in [5.41, 5.74) is 1.29. The number of nitrogens with zero attached hydrogens (tertiary/aromatic N) is 3. The number of halogens is 1. The third-order valence-corrected chi connectivity index (χ3v) is 4.49. The van der Waals surface area contributed by atoms with Gasteiger partial charge >= 0.3 is 12.0 Å². The minimum absolute atomic E-state index is 0.0385. The van der Waals surface area contributed by atoms with Crippen LogP contribution in [-0.4, -0.2) is 46.6 Å². The Morgan fingerprint density at radius 1 is 1.27 bits per heavy atom. The van der Waals surface area contributed by atoms with Gasteiger partial charge in [-0.1, -0.05) is 41.9 Å². The Kier molecular flexibility index (Phi) is 6.66. The maximum Gasteiger partial charge on any atom is 0.317 e. The first kappa shape index (κ1) is 18.5. The van der Waals surface area contributed by atoms with Crippen molar-refractivity contribution < 1.29 is 9.53 Å². The van der Waals surface area contributed by atoms with Crippen molar-refractivity contribution in [2.75, 3.05) is 19.6 Å². The zero-order valence-corrected chi connectivity index (χ0v) is 15.4. The van der Waals surface area contributed by atoms with Crippen LogP contribution in [0.25, 0.3) is 0 Å². The van der Waals surface area contributed by atoms with Crippen molar-refractivity contribution in [1.29, 1.82) is 0 Å². The van der Waals surface area contributed by atoms with Gasteiger partial charge in [-0.05, 0) is 31.2 Å². The van der Waals surface area contributed by atoms with E-state index in [0.29, 0.717) is 24.1 Å². The van der Waals surface area contributed by atoms with Crippen LogP contribution in [0.5, 0.6) is 6.01 Å². The summed E-state index contributed by atoms with van der Waals surface area (Å²) in [7, 11) is 0. The second kappa shape index (κ2) is 9.38. The van der Waals surface area contributed by atoms with Gasteiger partial charge in [0.2, 0.25) is 0 Å². The molecule has 6 nitrogen and oxygen atoms in total. The van der Waals surface area contributed by atoms with E-state index >= 15 is 0 Å². The normalized spacial score (nSPS) is 17.0. The van der Waals surface area contributed by atoms with Gasteiger partial charge in [0.25, 0.3) is 0 Å². The molecule has 138 valence electrons. The highest BCUT2D eigenvalue weighted by Crippen LogP contribution is 2.16. The van der Waals surface area contributed by atoms with Crippen LogP contribution in [0.1, 0.15) is 24.8 Å². The number of carbonyl (C=O) groups excluding carboxylic acids is 1. The minimum atomic E-state index is -0.0972. The number of rotatable bonds is 6. The summed E-state index contributed by atoms with van der Waals surface area (Å²) in [6.45, 7) is 1.94. The maximum absolute atomic E-state index is 12.4. The molecule has 0 aliphatic carbocycles. The van der Waals surface area contributed by atoms with E-state index in [1.807, 2.05) is 18.2 Å².